The molecule has 0 atom stereocenters. The van der Waals surface area contributed by atoms with E-state index in [9.17, 15) is 4.79 Å². The van der Waals surface area contributed by atoms with Crippen LogP contribution in [-0.2, 0) is 11.3 Å². The van der Waals surface area contributed by atoms with Crippen LogP contribution in [0, 0.1) is 5.92 Å². The van der Waals surface area contributed by atoms with Gasteiger partial charge in [0.2, 0.25) is 5.91 Å². The summed E-state index contributed by atoms with van der Waals surface area (Å²) in [6.45, 7) is 0.457. The number of hydrogen-bond acceptors (Lipinski definition) is 2. The topological polar surface area (TPSA) is 55.1 Å². The third-order valence-electron chi connectivity index (χ3n) is 3.77. The van der Waals surface area contributed by atoms with Gasteiger partial charge in [-0.3, -0.25) is 4.79 Å². The van der Waals surface area contributed by atoms with Gasteiger partial charge in [-0.2, -0.15) is 0 Å². The number of hydrogen-bond donors (Lipinski definition) is 2. The zero-order valence-electron chi connectivity index (χ0n) is 10.8. The Bertz CT molecular complexity index is 397. The van der Waals surface area contributed by atoms with Crippen LogP contribution in [0.4, 0.5) is 5.69 Å². The molecule has 18 heavy (non-hydrogen) atoms. The first-order chi connectivity index (χ1) is 8.79. The average Bonchev–Trinajstić information content (AvgIpc) is 2.90. The van der Waals surface area contributed by atoms with Crippen LogP contribution in [0.15, 0.2) is 24.3 Å². The van der Waals surface area contributed by atoms with Crippen molar-refractivity contribution in [2.45, 2.75) is 45.1 Å². The second-order valence-electron chi connectivity index (χ2n) is 5.10. The Balaban J connectivity index is 1.82. The summed E-state index contributed by atoms with van der Waals surface area (Å²) in [5, 5.41) is 2.97. The molecule has 1 saturated carbocycles. The maximum atomic E-state index is 11.9. The van der Waals surface area contributed by atoms with Crippen LogP contribution in [0.5, 0.6) is 0 Å². The van der Waals surface area contributed by atoms with Crippen molar-refractivity contribution in [3.8, 4) is 0 Å². The van der Waals surface area contributed by atoms with E-state index in [0.29, 0.717) is 13.0 Å². The smallest absolute Gasteiger partial charge is 0.224 e. The molecular formula is C15H22N2O. The van der Waals surface area contributed by atoms with Crippen molar-refractivity contribution >= 4 is 11.6 Å². The van der Waals surface area contributed by atoms with E-state index >= 15 is 0 Å². The summed E-state index contributed by atoms with van der Waals surface area (Å²) in [4.78, 5) is 11.9. The normalized spacial score (nSPS) is 15.8. The maximum Gasteiger partial charge on any atom is 0.224 e. The molecule has 1 aromatic carbocycles. The lowest BCUT2D eigenvalue weighted by molar-refractivity contribution is -0.116. The number of rotatable bonds is 5. The third-order valence-corrected chi connectivity index (χ3v) is 3.77. The summed E-state index contributed by atoms with van der Waals surface area (Å²) in [7, 11) is 0. The lowest BCUT2D eigenvalue weighted by Gasteiger charge is -2.11. The zero-order chi connectivity index (χ0) is 12.8. The molecule has 98 valence electrons. The largest absolute Gasteiger partial charge is 0.326 e. The first kappa shape index (κ1) is 13.1. The molecule has 1 aliphatic rings. The van der Waals surface area contributed by atoms with E-state index < -0.39 is 0 Å². The highest BCUT2D eigenvalue weighted by Gasteiger charge is 2.16. The van der Waals surface area contributed by atoms with Crippen molar-refractivity contribution in [3.05, 3.63) is 29.8 Å². The molecular weight excluding hydrogens is 224 g/mol. The molecule has 0 bridgehead atoms. The zero-order valence-corrected chi connectivity index (χ0v) is 10.8. The molecule has 0 unspecified atom stereocenters. The molecule has 0 aromatic heterocycles. The van der Waals surface area contributed by atoms with E-state index in [0.717, 1.165) is 23.6 Å². The van der Waals surface area contributed by atoms with Gasteiger partial charge in [0.15, 0.2) is 0 Å². The van der Waals surface area contributed by atoms with E-state index in [2.05, 4.69) is 5.32 Å². The van der Waals surface area contributed by atoms with Gasteiger partial charge in [-0.15, -0.1) is 0 Å². The first-order valence-corrected chi connectivity index (χ1v) is 6.87. The summed E-state index contributed by atoms with van der Waals surface area (Å²) in [6.07, 6.45) is 6.92. The van der Waals surface area contributed by atoms with Gasteiger partial charge in [-0.25, -0.2) is 0 Å². The summed E-state index contributed by atoms with van der Waals surface area (Å²) in [5.41, 5.74) is 7.50. The Hall–Kier alpha value is -1.35. The second kappa shape index (κ2) is 6.55. The summed E-state index contributed by atoms with van der Waals surface area (Å²) >= 11 is 0. The standard InChI is InChI=1S/C15H22N2O/c16-11-13-7-3-4-8-14(13)17-15(18)10-9-12-5-1-2-6-12/h3-4,7-8,12H,1-2,5-6,9-11,16H2,(H,17,18). The van der Waals surface area contributed by atoms with Crippen LogP contribution in [0.3, 0.4) is 0 Å². The highest BCUT2D eigenvalue weighted by Crippen LogP contribution is 2.28. The van der Waals surface area contributed by atoms with Crippen molar-refractivity contribution < 1.29 is 4.79 Å². The molecule has 3 nitrogen and oxygen atoms in total. The summed E-state index contributed by atoms with van der Waals surface area (Å²) in [6, 6.07) is 7.73. The average molecular weight is 246 g/mol. The van der Waals surface area contributed by atoms with Gasteiger partial charge in [0.1, 0.15) is 0 Å². The molecule has 0 heterocycles. The quantitative estimate of drug-likeness (QED) is 0.839. The van der Waals surface area contributed by atoms with E-state index in [-0.39, 0.29) is 5.91 Å². The fraction of sp³-hybridized carbons (Fsp3) is 0.533. The summed E-state index contributed by atoms with van der Waals surface area (Å²) < 4.78 is 0. The monoisotopic (exact) mass is 246 g/mol. The Morgan fingerprint density at radius 3 is 2.72 bits per heavy atom. The van der Waals surface area contributed by atoms with Gasteiger partial charge < -0.3 is 11.1 Å². The van der Waals surface area contributed by atoms with Gasteiger partial charge in [0.25, 0.3) is 0 Å². The summed E-state index contributed by atoms with van der Waals surface area (Å²) in [5.74, 6) is 0.878. The predicted octanol–water partition coefficient (Wildman–Crippen LogP) is 3.05. The molecule has 3 N–H and O–H groups in total. The maximum absolute atomic E-state index is 11.9. The van der Waals surface area contributed by atoms with Crippen molar-refractivity contribution in [2.75, 3.05) is 5.32 Å². The lowest BCUT2D eigenvalue weighted by Crippen LogP contribution is -2.14. The van der Waals surface area contributed by atoms with Gasteiger partial charge >= 0.3 is 0 Å². The van der Waals surface area contributed by atoms with Crippen LogP contribution >= 0.6 is 0 Å². The molecule has 0 aliphatic heterocycles. The number of nitrogens with two attached hydrogens (primary N) is 1. The first-order valence-electron chi connectivity index (χ1n) is 6.87. The molecule has 1 amide bonds. The SMILES string of the molecule is NCc1ccccc1NC(=O)CCC1CCCC1. The van der Waals surface area contributed by atoms with Crippen molar-refractivity contribution in [2.24, 2.45) is 11.7 Å². The number of carbonyl (C=O) groups excluding carboxylic acids is 1. The highest BCUT2D eigenvalue weighted by atomic mass is 16.1. The lowest BCUT2D eigenvalue weighted by atomic mass is 10.0. The number of nitrogens with one attached hydrogen (secondary N) is 1. The van der Waals surface area contributed by atoms with Crippen LogP contribution in [0.1, 0.15) is 44.1 Å². The molecule has 2 rings (SSSR count). The van der Waals surface area contributed by atoms with E-state index in [1.54, 1.807) is 0 Å². The molecule has 0 spiro atoms. The predicted molar refractivity (Wildman–Crippen MR) is 74.2 cm³/mol. The Morgan fingerprint density at radius 2 is 2.00 bits per heavy atom. The van der Waals surface area contributed by atoms with Crippen molar-refractivity contribution in [1.29, 1.82) is 0 Å². The molecule has 1 aromatic rings. The highest BCUT2D eigenvalue weighted by molar-refractivity contribution is 5.91. The number of benzene rings is 1. The minimum atomic E-state index is 0.114. The van der Waals surface area contributed by atoms with Crippen LogP contribution < -0.4 is 11.1 Å². The molecule has 3 heteroatoms. The van der Waals surface area contributed by atoms with E-state index in [4.69, 9.17) is 5.73 Å². The van der Waals surface area contributed by atoms with Crippen LogP contribution in [0.2, 0.25) is 0 Å². The Morgan fingerprint density at radius 1 is 1.28 bits per heavy atom. The minimum Gasteiger partial charge on any atom is -0.326 e. The third kappa shape index (κ3) is 3.57. The minimum absolute atomic E-state index is 0.114. The number of anilines is 1. The van der Waals surface area contributed by atoms with Crippen LogP contribution in [-0.4, -0.2) is 5.91 Å². The van der Waals surface area contributed by atoms with E-state index in [1.165, 1.54) is 25.7 Å². The number of carbonyl (C=O) groups is 1. The molecule has 0 saturated heterocycles. The Labute approximate surface area is 109 Å². The van der Waals surface area contributed by atoms with Crippen molar-refractivity contribution in [1.82, 2.24) is 0 Å². The molecule has 1 fully saturated rings. The molecule has 0 radical (unpaired) electrons. The fourth-order valence-electron chi connectivity index (χ4n) is 2.67. The van der Waals surface area contributed by atoms with E-state index in [1.807, 2.05) is 24.3 Å². The molecule has 1 aliphatic carbocycles. The van der Waals surface area contributed by atoms with Gasteiger partial charge in [-0.1, -0.05) is 43.9 Å². The van der Waals surface area contributed by atoms with Gasteiger partial charge in [0, 0.05) is 18.7 Å². The van der Waals surface area contributed by atoms with Gasteiger partial charge in [-0.05, 0) is 24.0 Å². The van der Waals surface area contributed by atoms with Crippen LogP contribution in [0.25, 0.3) is 0 Å². The van der Waals surface area contributed by atoms with Gasteiger partial charge in [0.05, 0.1) is 0 Å². The van der Waals surface area contributed by atoms with Crippen molar-refractivity contribution in [3.63, 3.8) is 0 Å². The Kier molecular flexibility index (Phi) is 4.76. The number of amides is 1. The fourth-order valence-corrected chi connectivity index (χ4v) is 2.67. The number of para-hydroxylation sites is 1. The second-order valence-corrected chi connectivity index (χ2v) is 5.10.